The maximum absolute atomic E-state index is 3.70. The van der Waals surface area contributed by atoms with E-state index in [1.54, 1.807) is 11.3 Å². The van der Waals surface area contributed by atoms with Crippen LogP contribution in [0.4, 0.5) is 5.00 Å². The largest absolute Gasteiger partial charge is 0.254 e. The molecule has 0 N–H and O–H groups in total. The molecule has 0 aromatic carbocycles. The van der Waals surface area contributed by atoms with Crippen LogP contribution >= 0.6 is 11.3 Å². The van der Waals surface area contributed by atoms with Crippen LogP contribution in [0.15, 0.2) is 22.5 Å². The van der Waals surface area contributed by atoms with Gasteiger partial charge in [0.05, 0.1) is 0 Å². The topological polar surface area (TPSA) is 12.4 Å². The molecule has 7 heavy (non-hydrogen) atoms. The fraction of sp³-hybridized carbons (Fsp3) is 0. The molecule has 0 atom stereocenters. The first-order chi connectivity index (χ1) is 3.43. The molecule has 0 aliphatic rings. The average molecular weight is 111 g/mol. The van der Waals surface area contributed by atoms with Gasteiger partial charge in [-0.3, -0.25) is 4.99 Å². The van der Waals surface area contributed by atoms with Crippen molar-refractivity contribution in [2.75, 3.05) is 0 Å². The SMILES string of the molecule is C=Nc1cccs1. The van der Waals surface area contributed by atoms with Gasteiger partial charge in [-0.25, -0.2) is 0 Å². The molecular formula is C5H5NS. The van der Waals surface area contributed by atoms with E-state index in [1.807, 2.05) is 17.5 Å². The molecule has 1 rings (SSSR count). The molecule has 0 saturated carbocycles. The smallest absolute Gasteiger partial charge is 0.115 e. The normalized spacial score (nSPS) is 8.57. The van der Waals surface area contributed by atoms with E-state index in [9.17, 15) is 0 Å². The van der Waals surface area contributed by atoms with Crippen molar-refractivity contribution in [1.82, 2.24) is 0 Å². The van der Waals surface area contributed by atoms with Crippen LogP contribution in [0.5, 0.6) is 0 Å². The number of rotatable bonds is 1. The second-order valence-electron chi connectivity index (χ2n) is 1.11. The maximum Gasteiger partial charge on any atom is 0.115 e. The molecule has 1 heterocycles. The van der Waals surface area contributed by atoms with Crippen molar-refractivity contribution in [1.29, 1.82) is 0 Å². The van der Waals surface area contributed by atoms with Gasteiger partial charge in [0.25, 0.3) is 0 Å². The first kappa shape index (κ1) is 4.53. The molecule has 1 aromatic rings. The van der Waals surface area contributed by atoms with Gasteiger partial charge in [0.1, 0.15) is 5.00 Å². The summed E-state index contributed by atoms with van der Waals surface area (Å²) in [7, 11) is 0. The van der Waals surface area contributed by atoms with Crippen molar-refractivity contribution in [3.63, 3.8) is 0 Å². The summed E-state index contributed by atoms with van der Waals surface area (Å²) in [4.78, 5) is 3.70. The molecule has 0 spiro atoms. The summed E-state index contributed by atoms with van der Waals surface area (Å²) < 4.78 is 0. The molecule has 0 aliphatic heterocycles. The van der Waals surface area contributed by atoms with E-state index in [0.29, 0.717) is 0 Å². The van der Waals surface area contributed by atoms with E-state index in [0.717, 1.165) is 5.00 Å². The van der Waals surface area contributed by atoms with Gasteiger partial charge in [-0.1, -0.05) is 0 Å². The zero-order valence-corrected chi connectivity index (χ0v) is 4.61. The van der Waals surface area contributed by atoms with E-state index in [1.165, 1.54) is 0 Å². The van der Waals surface area contributed by atoms with Crippen LogP contribution in [0.25, 0.3) is 0 Å². The lowest BCUT2D eigenvalue weighted by Gasteiger charge is -1.71. The number of hydrogen-bond donors (Lipinski definition) is 0. The minimum atomic E-state index is 0.986. The average Bonchev–Trinajstić information content (AvgIpc) is 2.14. The van der Waals surface area contributed by atoms with Crippen LogP contribution in [-0.2, 0) is 0 Å². The van der Waals surface area contributed by atoms with E-state index in [-0.39, 0.29) is 0 Å². The van der Waals surface area contributed by atoms with Crippen LogP contribution in [-0.4, -0.2) is 6.72 Å². The minimum Gasteiger partial charge on any atom is -0.254 e. The predicted octanol–water partition coefficient (Wildman–Crippen LogP) is 2.08. The van der Waals surface area contributed by atoms with Crippen LogP contribution in [0.2, 0.25) is 0 Å². The molecule has 2 heteroatoms. The quantitative estimate of drug-likeness (QED) is 0.492. The Kier molecular flexibility index (Phi) is 1.22. The van der Waals surface area contributed by atoms with Gasteiger partial charge >= 0.3 is 0 Å². The van der Waals surface area contributed by atoms with Crippen LogP contribution in [0, 0.1) is 0 Å². The summed E-state index contributed by atoms with van der Waals surface area (Å²) in [5.74, 6) is 0. The van der Waals surface area contributed by atoms with E-state index in [4.69, 9.17) is 0 Å². The number of hydrogen-bond acceptors (Lipinski definition) is 2. The third kappa shape index (κ3) is 0.871. The lowest BCUT2D eigenvalue weighted by atomic mass is 10.6. The lowest BCUT2D eigenvalue weighted by molar-refractivity contribution is 1.69. The summed E-state index contributed by atoms with van der Waals surface area (Å²) in [5, 5.41) is 2.96. The Morgan fingerprint density at radius 3 is 2.86 bits per heavy atom. The number of aliphatic imine (C=N–C) groups is 1. The highest BCUT2D eigenvalue weighted by Gasteiger charge is 1.79. The maximum atomic E-state index is 3.70. The molecule has 1 aromatic heterocycles. The third-order valence-electron chi connectivity index (χ3n) is 0.662. The predicted molar refractivity (Wildman–Crippen MR) is 33.5 cm³/mol. The van der Waals surface area contributed by atoms with E-state index in [2.05, 4.69) is 11.7 Å². The molecule has 0 fully saturated rings. The van der Waals surface area contributed by atoms with Gasteiger partial charge in [0, 0.05) is 0 Å². The first-order valence-electron chi connectivity index (χ1n) is 1.94. The summed E-state index contributed by atoms with van der Waals surface area (Å²) in [6, 6.07) is 3.88. The first-order valence-corrected chi connectivity index (χ1v) is 2.81. The molecule has 0 aliphatic carbocycles. The molecule has 0 unspecified atom stereocenters. The Morgan fingerprint density at radius 2 is 2.57 bits per heavy atom. The fourth-order valence-corrected chi connectivity index (χ4v) is 0.888. The Bertz CT molecular complexity index is 143. The second kappa shape index (κ2) is 1.89. The highest BCUT2D eigenvalue weighted by molar-refractivity contribution is 7.13. The third-order valence-corrected chi connectivity index (χ3v) is 1.46. The fourth-order valence-electron chi connectivity index (χ4n) is 0.360. The monoisotopic (exact) mass is 111 g/mol. The highest BCUT2D eigenvalue weighted by atomic mass is 32.1. The van der Waals surface area contributed by atoms with Crippen molar-refractivity contribution >= 4 is 23.1 Å². The van der Waals surface area contributed by atoms with Gasteiger partial charge < -0.3 is 0 Å². The molecule has 36 valence electrons. The Labute approximate surface area is 46.3 Å². The Morgan fingerprint density at radius 1 is 1.71 bits per heavy atom. The summed E-state index contributed by atoms with van der Waals surface area (Å²) in [5.41, 5.74) is 0. The molecule has 0 saturated heterocycles. The van der Waals surface area contributed by atoms with Gasteiger partial charge in [0.15, 0.2) is 0 Å². The number of thiophene rings is 1. The van der Waals surface area contributed by atoms with Crippen LogP contribution in [0.3, 0.4) is 0 Å². The van der Waals surface area contributed by atoms with Gasteiger partial charge in [-0.2, -0.15) is 0 Å². The minimum absolute atomic E-state index is 0.986. The van der Waals surface area contributed by atoms with Crippen LogP contribution in [0.1, 0.15) is 0 Å². The molecule has 0 bridgehead atoms. The van der Waals surface area contributed by atoms with Gasteiger partial charge in [0.2, 0.25) is 0 Å². The van der Waals surface area contributed by atoms with Crippen LogP contribution < -0.4 is 0 Å². The lowest BCUT2D eigenvalue weighted by Crippen LogP contribution is -1.38. The Hall–Kier alpha value is -0.630. The zero-order valence-electron chi connectivity index (χ0n) is 3.79. The summed E-state index contributed by atoms with van der Waals surface area (Å²) in [6.07, 6.45) is 0. The van der Waals surface area contributed by atoms with E-state index >= 15 is 0 Å². The van der Waals surface area contributed by atoms with Crippen molar-refractivity contribution in [3.8, 4) is 0 Å². The summed E-state index contributed by atoms with van der Waals surface area (Å²) >= 11 is 1.59. The molecular weight excluding hydrogens is 106 g/mol. The second-order valence-corrected chi connectivity index (χ2v) is 2.04. The zero-order chi connectivity index (χ0) is 5.11. The molecule has 1 nitrogen and oxygen atoms in total. The van der Waals surface area contributed by atoms with Crippen molar-refractivity contribution in [3.05, 3.63) is 17.5 Å². The molecule has 0 amide bonds. The Balaban J connectivity index is 2.96. The molecule has 0 radical (unpaired) electrons. The number of nitrogens with zero attached hydrogens (tertiary/aromatic N) is 1. The van der Waals surface area contributed by atoms with Gasteiger partial charge in [-0.15, -0.1) is 11.3 Å². The van der Waals surface area contributed by atoms with Gasteiger partial charge in [-0.05, 0) is 24.2 Å². The van der Waals surface area contributed by atoms with Crippen molar-refractivity contribution in [2.24, 2.45) is 4.99 Å². The van der Waals surface area contributed by atoms with Crippen molar-refractivity contribution in [2.45, 2.75) is 0 Å². The summed E-state index contributed by atoms with van der Waals surface area (Å²) in [6.45, 7) is 3.36. The van der Waals surface area contributed by atoms with E-state index < -0.39 is 0 Å². The highest BCUT2D eigenvalue weighted by Crippen LogP contribution is 2.16. The standard InChI is InChI=1S/C5H5NS/c1-6-5-3-2-4-7-5/h2-4H,1H2. The van der Waals surface area contributed by atoms with Crippen molar-refractivity contribution < 1.29 is 0 Å².